The molecule has 12 rings (SSSR count). The molecule has 8 aromatic carbocycles. The van der Waals surface area contributed by atoms with Crippen LogP contribution in [0.3, 0.4) is 0 Å². The summed E-state index contributed by atoms with van der Waals surface area (Å²) in [5.41, 5.74) is 21.5. The van der Waals surface area contributed by atoms with Gasteiger partial charge in [0.2, 0.25) is 5.88 Å². The lowest BCUT2D eigenvalue weighted by Gasteiger charge is -2.47. The molecule has 4 nitrogen and oxygen atoms in total. The van der Waals surface area contributed by atoms with Crippen molar-refractivity contribution in [3.05, 3.63) is 204 Å². The molecule has 0 bridgehead atoms. The van der Waals surface area contributed by atoms with Crippen LogP contribution in [0.1, 0.15) is 104 Å². The third kappa shape index (κ3) is 7.42. The fourth-order valence-electron chi connectivity index (χ4n) is 11.8. The second kappa shape index (κ2) is 16.1. The van der Waals surface area contributed by atoms with E-state index in [1.165, 1.54) is 60.8 Å². The second-order valence-electron chi connectivity index (χ2n) is 23.7. The van der Waals surface area contributed by atoms with E-state index in [9.17, 15) is 0 Å². The van der Waals surface area contributed by atoms with Gasteiger partial charge in [-0.2, -0.15) is 0 Å². The molecule has 0 radical (unpaired) electrons. The van der Waals surface area contributed by atoms with Crippen molar-refractivity contribution in [1.29, 1.82) is 0 Å². The maximum absolute atomic E-state index is 7.41. The monoisotopic (exact) mass is 926 g/mol. The number of benzene rings is 8. The molecule has 0 N–H and O–H groups in total. The van der Waals surface area contributed by atoms with Gasteiger partial charge in [0.25, 0.3) is 6.71 Å². The summed E-state index contributed by atoms with van der Waals surface area (Å²) in [6, 6.07) is 68.0. The van der Waals surface area contributed by atoms with Crippen LogP contribution in [-0.4, -0.2) is 6.71 Å². The molecule has 5 heteroatoms. The second-order valence-corrected chi connectivity index (χ2v) is 23.7. The largest absolute Gasteiger partial charge is 0.440 e. The molecule has 71 heavy (non-hydrogen) atoms. The van der Waals surface area contributed by atoms with Gasteiger partial charge in [0.15, 0.2) is 0 Å². The van der Waals surface area contributed by atoms with Gasteiger partial charge in [-0.05, 0) is 158 Å². The number of furan rings is 1. The minimum Gasteiger partial charge on any atom is -0.440 e. The number of para-hydroxylation sites is 2. The highest BCUT2D eigenvalue weighted by Gasteiger charge is 2.49. The van der Waals surface area contributed by atoms with Crippen molar-refractivity contribution in [3.63, 3.8) is 0 Å². The van der Waals surface area contributed by atoms with Crippen LogP contribution in [0, 0.1) is 0 Å². The highest BCUT2D eigenvalue weighted by atomic mass is 16.4. The van der Waals surface area contributed by atoms with Gasteiger partial charge < -0.3 is 14.2 Å². The van der Waals surface area contributed by atoms with E-state index in [2.05, 4.69) is 266 Å². The normalized spacial score (nSPS) is 15.5. The zero-order valence-corrected chi connectivity index (χ0v) is 43.1. The molecular formula is C66H64BN3O. The van der Waals surface area contributed by atoms with Crippen LogP contribution in [0.5, 0.6) is 0 Å². The number of rotatable bonds is 6. The average Bonchev–Trinajstić information content (AvgIpc) is 3.74. The van der Waals surface area contributed by atoms with E-state index in [4.69, 9.17) is 4.42 Å². The minimum atomic E-state index is -0.131. The van der Waals surface area contributed by atoms with E-state index in [1.54, 1.807) is 0 Å². The zero-order chi connectivity index (χ0) is 49.2. The number of nitrogens with zero attached hydrogens (tertiary/aromatic N) is 3. The quantitative estimate of drug-likeness (QED) is 0.155. The summed E-state index contributed by atoms with van der Waals surface area (Å²) in [6.45, 7) is 23.5. The molecule has 1 aliphatic carbocycles. The smallest absolute Gasteiger partial charge is 0.257 e. The van der Waals surface area contributed by atoms with Crippen LogP contribution >= 0.6 is 0 Å². The number of hydrogen-bond acceptors (Lipinski definition) is 4. The highest BCUT2D eigenvalue weighted by Crippen LogP contribution is 2.53. The first-order chi connectivity index (χ1) is 34.0. The van der Waals surface area contributed by atoms with Crippen molar-refractivity contribution in [1.82, 2.24) is 0 Å². The molecular weight excluding hydrogens is 862 g/mol. The van der Waals surface area contributed by atoms with E-state index >= 15 is 0 Å². The third-order valence-corrected chi connectivity index (χ3v) is 16.0. The summed E-state index contributed by atoms with van der Waals surface area (Å²) in [5, 5.41) is 1.17. The van der Waals surface area contributed by atoms with Crippen molar-refractivity contribution < 1.29 is 4.42 Å². The molecule has 0 unspecified atom stereocenters. The molecule has 2 aliphatic heterocycles. The zero-order valence-electron chi connectivity index (χ0n) is 43.1. The molecule has 0 saturated heterocycles. The SMILES string of the molecule is CC(C)(C)c1ccc(N2c3cc(N(c4ccccc4)c4ccccc4)cc4c3B(c3cc5c(cc3N4c3ccc(-c4ccccc4)cc3)C(C)(C)CCC5(C)C)c3c2oc2ccc(C(C)(C)C)cc32)cc1. The Morgan fingerprint density at radius 3 is 1.54 bits per heavy atom. The topological polar surface area (TPSA) is 22.9 Å². The van der Waals surface area contributed by atoms with E-state index in [-0.39, 0.29) is 28.4 Å². The Bertz CT molecular complexity index is 3450. The van der Waals surface area contributed by atoms with Crippen molar-refractivity contribution in [2.24, 2.45) is 0 Å². The molecule has 3 heterocycles. The van der Waals surface area contributed by atoms with Crippen molar-refractivity contribution in [2.75, 3.05) is 14.7 Å². The highest BCUT2D eigenvalue weighted by molar-refractivity contribution is 7.01. The first-order valence-electron chi connectivity index (χ1n) is 25.7. The molecule has 1 aromatic heterocycles. The van der Waals surface area contributed by atoms with Crippen LogP contribution in [0.2, 0.25) is 0 Å². The standard InChI is InChI=1S/C66H64BN3O/c1-63(2,3)45-28-33-50(34-29-45)70-58-40-51(68(47-22-16-12-17-23-47)48-24-18-13-19-25-48)39-57-61(58)67(60-52-38-46(64(4,5)6)30-35-59(52)71-62(60)70)55-41-53-54(66(9,10)37-36-65(53,7)8)42-56(55)69(57)49-31-26-44(27-32-49)43-20-14-11-15-21-43/h11-35,38-42H,36-37H2,1-10H3. The summed E-state index contributed by atoms with van der Waals surface area (Å²) in [5.74, 6) is 0.880. The van der Waals surface area contributed by atoms with Gasteiger partial charge >= 0.3 is 0 Å². The van der Waals surface area contributed by atoms with Crippen LogP contribution < -0.4 is 31.1 Å². The molecule has 3 aliphatic rings. The molecule has 0 spiro atoms. The van der Waals surface area contributed by atoms with Gasteiger partial charge in [-0.15, -0.1) is 0 Å². The third-order valence-electron chi connectivity index (χ3n) is 16.0. The molecule has 0 saturated carbocycles. The summed E-state index contributed by atoms with van der Waals surface area (Å²) < 4.78 is 7.41. The molecule has 352 valence electrons. The summed E-state index contributed by atoms with van der Waals surface area (Å²) in [6.07, 6.45) is 2.26. The molecule has 0 atom stereocenters. The lowest BCUT2D eigenvalue weighted by molar-refractivity contribution is 0.332. The van der Waals surface area contributed by atoms with E-state index in [0.717, 1.165) is 64.1 Å². The summed E-state index contributed by atoms with van der Waals surface area (Å²) in [7, 11) is 0. The molecule has 9 aromatic rings. The van der Waals surface area contributed by atoms with E-state index in [1.807, 2.05) is 0 Å². The van der Waals surface area contributed by atoms with Crippen molar-refractivity contribution in [2.45, 2.75) is 104 Å². The van der Waals surface area contributed by atoms with Crippen molar-refractivity contribution >= 4 is 85.5 Å². The Labute approximate surface area is 421 Å². The fraction of sp³-hybridized carbons (Fsp3) is 0.242. The minimum absolute atomic E-state index is 0.00290. The van der Waals surface area contributed by atoms with Gasteiger partial charge in [-0.3, -0.25) is 4.90 Å². The lowest BCUT2D eigenvalue weighted by Crippen LogP contribution is -2.61. The Balaban J connectivity index is 1.23. The molecule has 0 amide bonds. The van der Waals surface area contributed by atoms with Gasteiger partial charge in [-0.25, -0.2) is 0 Å². The first-order valence-corrected chi connectivity index (χ1v) is 25.7. The van der Waals surface area contributed by atoms with Crippen LogP contribution in [0.4, 0.5) is 51.4 Å². The average molecular weight is 926 g/mol. The summed E-state index contributed by atoms with van der Waals surface area (Å²) in [4.78, 5) is 7.46. The predicted octanol–water partition coefficient (Wildman–Crippen LogP) is 16.6. The Kier molecular flexibility index (Phi) is 10.2. The maximum atomic E-state index is 7.41. The van der Waals surface area contributed by atoms with E-state index in [0.29, 0.717) is 0 Å². The van der Waals surface area contributed by atoms with Crippen LogP contribution in [-0.2, 0) is 21.7 Å². The van der Waals surface area contributed by atoms with Gasteiger partial charge in [-0.1, -0.05) is 172 Å². The molecule has 0 fully saturated rings. The number of hydrogen-bond donors (Lipinski definition) is 0. The lowest BCUT2D eigenvalue weighted by atomic mass is 9.33. The Morgan fingerprint density at radius 1 is 0.465 bits per heavy atom. The van der Waals surface area contributed by atoms with E-state index < -0.39 is 0 Å². The van der Waals surface area contributed by atoms with Gasteiger partial charge in [0.1, 0.15) is 5.58 Å². The number of anilines is 9. The number of fused-ring (bicyclic) bond motifs is 7. The summed E-state index contributed by atoms with van der Waals surface area (Å²) >= 11 is 0. The Hall–Kier alpha value is -7.24. The Morgan fingerprint density at radius 2 is 0.958 bits per heavy atom. The van der Waals surface area contributed by atoms with Gasteiger partial charge in [0.05, 0.1) is 5.69 Å². The maximum Gasteiger partial charge on any atom is 0.257 e. The van der Waals surface area contributed by atoms with Crippen LogP contribution in [0.15, 0.2) is 186 Å². The van der Waals surface area contributed by atoms with Crippen LogP contribution in [0.25, 0.3) is 22.1 Å². The predicted molar refractivity (Wildman–Crippen MR) is 303 cm³/mol. The first kappa shape index (κ1) is 44.9. The van der Waals surface area contributed by atoms with Crippen molar-refractivity contribution in [3.8, 4) is 11.1 Å². The fourth-order valence-corrected chi connectivity index (χ4v) is 11.8. The van der Waals surface area contributed by atoms with Gasteiger partial charge in [0, 0.05) is 50.7 Å².